The van der Waals surface area contributed by atoms with E-state index in [4.69, 9.17) is 0 Å². The van der Waals surface area contributed by atoms with Gasteiger partial charge in [-0.3, -0.25) is 0 Å². The van der Waals surface area contributed by atoms with Crippen LogP contribution in [0.2, 0.25) is 0 Å². The van der Waals surface area contributed by atoms with Crippen molar-refractivity contribution in [3.8, 4) is 0 Å². The molecule has 1 aromatic rings. The maximum Gasteiger partial charge on any atom is 0.00813 e. The highest BCUT2D eigenvalue weighted by atomic mass is 127. The molecule has 0 saturated heterocycles. The van der Waals surface area contributed by atoms with E-state index in [1.165, 1.54) is 31.2 Å². The average molecular weight is 288 g/mol. The summed E-state index contributed by atoms with van der Waals surface area (Å²) < 4.78 is 0.827. The highest BCUT2D eigenvalue weighted by Crippen LogP contribution is 2.11. The molecule has 0 aliphatic rings. The predicted molar refractivity (Wildman–Crippen MR) is 67.5 cm³/mol. The molecule has 0 amide bonds. The molecule has 1 unspecified atom stereocenters. The number of benzene rings is 1. The molecule has 0 saturated carbocycles. The Hall–Kier alpha value is -0.0500. The van der Waals surface area contributed by atoms with Crippen molar-refractivity contribution < 1.29 is 0 Å². The molecule has 0 nitrogen and oxygen atoms in total. The Kier molecular flexibility index (Phi) is 5.44. The number of halogens is 1. The molecule has 0 aliphatic carbocycles. The number of aryl methyl sites for hydroxylation is 1. The van der Waals surface area contributed by atoms with Gasteiger partial charge in [-0.15, -0.1) is 0 Å². The zero-order valence-corrected chi connectivity index (χ0v) is 10.3. The van der Waals surface area contributed by atoms with Gasteiger partial charge in [0.15, 0.2) is 0 Å². The third-order valence-corrected chi connectivity index (χ3v) is 2.78. The van der Waals surface area contributed by atoms with Gasteiger partial charge in [0.1, 0.15) is 0 Å². The summed E-state index contributed by atoms with van der Waals surface area (Å²) in [6, 6.07) is 10.8. The molecule has 0 fully saturated rings. The second-order valence-corrected chi connectivity index (χ2v) is 5.64. The van der Waals surface area contributed by atoms with Crippen molar-refractivity contribution in [1.29, 1.82) is 0 Å². The topological polar surface area (TPSA) is 0 Å². The lowest BCUT2D eigenvalue weighted by molar-refractivity contribution is 0.685. The summed E-state index contributed by atoms with van der Waals surface area (Å²) in [5.74, 6) is 0. The zero-order valence-electron chi connectivity index (χ0n) is 8.17. The van der Waals surface area contributed by atoms with Crippen molar-refractivity contribution in [3.05, 3.63) is 35.9 Å². The van der Waals surface area contributed by atoms with Gasteiger partial charge in [0, 0.05) is 3.92 Å². The molecule has 1 heteroatoms. The van der Waals surface area contributed by atoms with Gasteiger partial charge in [0.2, 0.25) is 0 Å². The lowest BCUT2D eigenvalue weighted by atomic mass is 10.1. The maximum atomic E-state index is 2.50. The second kappa shape index (κ2) is 6.41. The van der Waals surface area contributed by atoms with Crippen LogP contribution < -0.4 is 0 Å². The highest BCUT2D eigenvalue weighted by molar-refractivity contribution is 14.1. The first-order valence-corrected chi connectivity index (χ1v) is 6.21. The van der Waals surface area contributed by atoms with Crippen LogP contribution in [-0.4, -0.2) is 3.92 Å². The Balaban J connectivity index is 2.13. The third kappa shape index (κ3) is 5.29. The van der Waals surface area contributed by atoms with E-state index in [2.05, 4.69) is 59.8 Å². The zero-order chi connectivity index (χ0) is 9.52. The molecule has 13 heavy (non-hydrogen) atoms. The van der Waals surface area contributed by atoms with Gasteiger partial charge in [0.05, 0.1) is 0 Å². The average Bonchev–Trinajstić information content (AvgIpc) is 2.14. The smallest absolute Gasteiger partial charge is 0.00813 e. The Morgan fingerprint density at radius 2 is 1.85 bits per heavy atom. The van der Waals surface area contributed by atoms with E-state index in [0.29, 0.717) is 0 Å². The van der Waals surface area contributed by atoms with Crippen molar-refractivity contribution in [3.63, 3.8) is 0 Å². The molecule has 0 radical (unpaired) electrons. The Morgan fingerprint density at radius 1 is 1.15 bits per heavy atom. The molecular weight excluding hydrogens is 271 g/mol. The van der Waals surface area contributed by atoms with Crippen LogP contribution in [0.25, 0.3) is 0 Å². The van der Waals surface area contributed by atoms with Crippen LogP contribution in [0.5, 0.6) is 0 Å². The molecule has 0 N–H and O–H groups in total. The van der Waals surface area contributed by atoms with Crippen molar-refractivity contribution in [2.45, 2.75) is 36.5 Å². The van der Waals surface area contributed by atoms with Crippen LogP contribution in [0.3, 0.4) is 0 Å². The molecule has 0 aliphatic heterocycles. The molecule has 0 aromatic heterocycles. The van der Waals surface area contributed by atoms with E-state index in [1.807, 2.05) is 0 Å². The Bertz CT molecular complexity index is 216. The highest BCUT2D eigenvalue weighted by Gasteiger charge is 1.96. The SMILES string of the molecule is CC(I)CCCCc1ccccc1. The summed E-state index contributed by atoms with van der Waals surface area (Å²) in [6.45, 7) is 2.28. The summed E-state index contributed by atoms with van der Waals surface area (Å²) in [6.07, 6.45) is 5.29. The van der Waals surface area contributed by atoms with Gasteiger partial charge in [-0.25, -0.2) is 0 Å². The second-order valence-electron chi connectivity index (χ2n) is 3.51. The summed E-state index contributed by atoms with van der Waals surface area (Å²) >= 11 is 2.50. The van der Waals surface area contributed by atoms with Gasteiger partial charge < -0.3 is 0 Å². The van der Waals surface area contributed by atoms with Crippen molar-refractivity contribution in [2.24, 2.45) is 0 Å². The molecule has 72 valence electrons. The number of rotatable bonds is 5. The first-order valence-electron chi connectivity index (χ1n) is 4.97. The monoisotopic (exact) mass is 288 g/mol. The number of hydrogen-bond donors (Lipinski definition) is 0. The molecule has 1 rings (SSSR count). The first kappa shape index (κ1) is 11.0. The molecule has 1 aromatic carbocycles. The number of unbranched alkanes of at least 4 members (excludes halogenated alkanes) is 1. The predicted octanol–water partition coefficient (Wildman–Crippen LogP) is 4.22. The molecule has 0 spiro atoms. The van der Waals surface area contributed by atoms with E-state index < -0.39 is 0 Å². The summed E-state index contributed by atoms with van der Waals surface area (Å²) in [7, 11) is 0. The lowest BCUT2D eigenvalue weighted by Gasteiger charge is -2.03. The summed E-state index contributed by atoms with van der Waals surface area (Å²) in [5, 5.41) is 0. The van der Waals surface area contributed by atoms with Gasteiger partial charge in [0.25, 0.3) is 0 Å². The minimum absolute atomic E-state index is 0.827. The van der Waals surface area contributed by atoms with Gasteiger partial charge in [-0.05, 0) is 24.8 Å². The summed E-state index contributed by atoms with van der Waals surface area (Å²) in [4.78, 5) is 0. The van der Waals surface area contributed by atoms with Crippen LogP contribution in [0.4, 0.5) is 0 Å². The van der Waals surface area contributed by atoms with Crippen LogP contribution in [-0.2, 0) is 6.42 Å². The van der Waals surface area contributed by atoms with E-state index in [-0.39, 0.29) is 0 Å². The quantitative estimate of drug-likeness (QED) is 0.432. The van der Waals surface area contributed by atoms with E-state index >= 15 is 0 Å². The fourth-order valence-corrected chi connectivity index (χ4v) is 1.84. The van der Waals surface area contributed by atoms with Crippen molar-refractivity contribution >= 4 is 22.6 Å². The van der Waals surface area contributed by atoms with Crippen LogP contribution >= 0.6 is 22.6 Å². The minimum atomic E-state index is 0.827. The van der Waals surface area contributed by atoms with Crippen LogP contribution in [0, 0.1) is 0 Å². The molecule has 0 heterocycles. The van der Waals surface area contributed by atoms with Gasteiger partial charge in [-0.1, -0.05) is 66.3 Å². The van der Waals surface area contributed by atoms with Crippen molar-refractivity contribution in [2.75, 3.05) is 0 Å². The molecular formula is C12H17I. The number of alkyl halides is 1. The van der Waals surface area contributed by atoms with Crippen LogP contribution in [0.15, 0.2) is 30.3 Å². The van der Waals surface area contributed by atoms with E-state index in [0.717, 1.165) is 3.92 Å². The van der Waals surface area contributed by atoms with Crippen molar-refractivity contribution in [1.82, 2.24) is 0 Å². The Morgan fingerprint density at radius 3 is 2.46 bits per heavy atom. The Labute approximate surface area is 94.9 Å². The largest absolute Gasteiger partial charge is 0.0829 e. The van der Waals surface area contributed by atoms with Gasteiger partial charge >= 0.3 is 0 Å². The van der Waals surface area contributed by atoms with E-state index in [1.54, 1.807) is 0 Å². The number of hydrogen-bond acceptors (Lipinski definition) is 0. The lowest BCUT2D eigenvalue weighted by Crippen LogP contribution is -1.91. The fourth-order valence-electron chi connectivity index (χ4n) is 1.40. The standard InChI is InChI=1S/C12H17I/c1-11(13)7-5-6-10-12-8-3-2-4-9-12/h2-4,8-9,11H,5-7,10H2,1H3. The van der Waals surface area contributed by atoms with Crippen LogP contribution in [0.1, 0.15) is 31.7 Å². The first-order chi connectivity index (χ1) is 6.29. The van der Waals surface area contributed by atoms with E-state index in [9.17, 15) is 0 Å². The normalized spacial score (nSPS) is 12.8. The molecule has 1 atom stereocenters. The molecule has 0 bridgehead atoms. The maximum absolute atomic E-state index is 2.50. The summed E-state index contributed by atoms with van der Waals surface area (Å²) in [5.41, 5.74) is 1.48. The minimum Gasteiger partial charge on any atom is -0.0829 e. The fraction of sp³-hybridized carbons (Fsp3) is 0.500. The third-order valence-electron chi connectivity index (χ3n) is 2.16. The van der Waals surface area contributed by atoms with Gasteiger partial charge in [-0.2, -0.15) is 0 Å².